The van der Waals surface area contributed by atoms with Crippen LogP contribution in [0.1, 0.15) is 19.3 Å². The molecule has 18 heavy (non-hydrogen) atoms. The third-order valence-electron chi connectivity index (χ3n) is 3.09. The summed E-state index contributed by atoms with van der Waals surface area (Å²) in [5.41, 5.74) is 2.10. The van der Waals surface area contributed by atoms with Gasteiger partial charge in [0.05, 0.1) is 6.26 Å². The Labute approximate surface area is 108 Å². The van der Waals surface area contributed by atoms with E-state index in [1.165, 1.54) is 10.6 Å². The third kappa shape index (κ3) is 5.30. The number of hydrogen-bond acceptors (Lipinski definition) is 5. The molecule has 106 valence electrons. The second-order valence-corrected chi connectivity index (χ2v) is 6.51. The van der Waals surface area contributed by atoms with Gasteiger partial charge in [0.2, 0.25) is 15.9 Å². The number of carbonyl (C=O) groups is 1. The van der Waals surface area contributed by atoms with E-state index in [-0.39, 0.29) is 5.91 Å². The molecule has 7 nitrogen and oxygen atoms in total. The lowest BCUT2D eigenvalue weighted by molar-refractivity contribution is -0.121. The SMILES string of the molecule is CS(=O)(=O)N1CCN(CCCCC(=O)NN)CC1. The van der Waals surface area contributed by atoms with Crippen molar-refractivity contribution in [2.45, 2.75) is 19.3 Å². The lowest BCUT2D eigenvalue weighted by Gasteiger charge is -2.33. The molecule has 1 aliphatic rings. The first-order valence-electron chi connectivity index (χ1n) is 6.10. The van der Waals surface area contributed by atoms with Crippen molar-refractivity contribution in [3.63, 3.8) is 0 Å². The number of carbonyl (C=O) groups excluding carboxylic acids is 1. The van der Waals surface area contributed by atoms with E-state index in [0.29, 0.717) is 19.5 Å². The summed E-state index contributed by atoms with van der Waals surface area (Å²) in [4.78, 5) is 13.1. The maximum atomic E-state index is 11.3. The van der Waals surface area contributed by atoms with Crippen molar-refractivity contribution < 1.29 is 13.2 Å². The van der Waals surface area contributed by atoms with Gasteiger partial charge in [0.25, 0.3) is 0 Å². The Morgan fingerprint density at radius 1 is 1.22 bits per heavy atom. The van der Waals surface area contributed by atoms with E-state index in [4.69, 9.17) is 5.84 Å². The summed E-state index contributed by atoms with van der Waals surface area (Å²) in [6.07, 6.45) is 3.41. The van der Waals surface area contributed by atoms with Crippen molar-refractivity contribution in [1.82, 2.24) is 14.6 Å². The highest BCUT2D eigenvalue weighted by Crippen LogP contribution is 2.07. The van der Waals surface area contributed by atoms with Gasteiger partial charge in [-0.15, -0.1) is 0 Å². The average molecular weight is 278 g/mol. The number of amides is 1. The number of nitrogens with two attached hydrogens (primary N) is 1. The van der Waals surface area contributed by atoms with Crippen LogP contribution in [0.2, 0.25) is 0 Å². The molecular formula is C10H22N4O3S. The predicted molar refractivity (Wildman–Crippen MR) is 69.0 cm³/mol. The molecule has 0 atom stereocenters. The van der Waals surface area contributed by atoms with Gasteiger partial charge in [-0.1, -0.05) is 0 Å². The van der Waals surface area contributed by atoms with E-state index in [9.17, 15) is 13.2 Å². The predicted octanol–water partition coefficient (Wildman–Crippen LogP) is -1.28. The first-order chi connectivity index (χ1) is 8.43. The molecule has 3 N–H and O–H groups in total. The Balaban J connectivity index is 2.15. The van der Waals surface area contributed by atoms with Crippen LogP contribution in [0.5, 0.6) is 0 Å². The zero-order valence-corrected chi connectivity index (χ0v) is 11.6. The summed E-state index contributed by atoms with van der Waals surface area (Å²) in [6, 6.07) is 0. The Kier molecular flexibility index (Phi) is 6.00. The highest BCUT2D eigenvalue weighted by atomic mass is 32.2. The molecule has 0 unspecified atom stereocenters. The molecule has 0 saturated carbocycles. The Hall–Kier alpha value is -0.700. The maximum Gasteiger partial charge on any atom is 0.233 e. The number of piperazine rings is 1. The molecule has 0 aromatic carbocycles. The molecule has 0 spiro atoms. The number of sulfonamides is 1. The van der Waals surface area contributed by atoms with Crippen molar-refractivity contribution >= 4 is 15.9 Å². The van der Waals surface area contributed by atoms with E-state index in [0.717, 1.165) is 32.5 Å². The Morgan fingerprint density at radius 2 is 1.83 bits per heavy atom. The van der Waals surface area contributed by atoms with E-state index in [1.807, 2.05) is 0 Å². The first-order valence-corrected chi connectivity index (χ1v) is 7.95. The minimum absolute atomic E-state index is 0.142. The van der Waals surface area contributed by atoms with Gasteiger partial charge in [-0.3, -0.25) is 10.2 Å². The lowest BCUT2D eigenvalue weighted by atomic mass is 10.2. The zero-order valence-electron chi connectivity index (χ0n) is 10.8. The van der Waals surface area contributed by atoms with Gasteiger partial charge >= 0.3 is 0 Å². The molecular weight excluding hydrogens is 256 g/mol. The summed E-state index contributed by atoms with van der Waals surface area (Å²) in [7, 11) is -3.05. The number of rotatable bonds is 6. The quantitative estimate of drug-likeness (QED) is 0.273. The maximum absolute atomic E-state index is 11.3. The number of unbranched alkanes of at least 4 members (excludes halogenated alkanes) is 1. The van der Waals surface area contributed by atoms with Gasteiger partial charge in [0.1, 0.15) is 0 Å². The van der Waals surface area contributed by atoms with Crippen LogP contribution in [0.4, 0.5) is 0 Å². The molecule has 8 heteroatoms. The van der Waals surface area contributed by atoms with Crippen LogP contribution >= 0.6 is 0 Å². The number of hydrazine groups is 1. The summed E-state index contributed by atoms with van der Waals surface area (Å²) < 4.78 is 24.1. The molecule has 1 rings (SSSR count). The van der Waals surface area contributed by atoms with E-state index < -0.39 is 10.0 Å². The molecule has 1 heterocycles. The highest BCUT2D eigenvalue weighted by molar-refractivity contribution is 7.88. The summed E-state index contributed by atoms with van der Waals surface area (Å²) >= 11 is 0. The summed E-state index contributed by atoms with van der Waals surface area (Å²) in [5.74, 6) is 4.84. The zero-order chi connectivity index (χ0) is 13.6. The fraction of sp³-hybridized carbons (Fsp3) is 0.900. The van der Waals surface area contributed by atoms with Crippen LogP contribution in [0.3, 0.4) is 0 Å². The molecule has 1 saturated heterocycles. The Morgan fingerprint density at radius 3 is 2.33 bits per heavy atom. The molecule has 1 fully saturated rings. The number of hydrogen-bond donors (Lipinski definition) is 2. The fourth-order valence-electron chi connectivity index (χ4n) is 1.98. The molecule has 1 aliphatic heterocycles. The van der Waals surface area contributed by atoms with Gasteiger partial charge in [-0.2, -0.15) is 4.31 Å². The molecule has 0 bridgehead atoms. The smallest absolute Gasteiger partial charge is 0.233 e. The van der Waals surface area contributed by atoms with Crippen LogP contribution in [-0.2, 0) is 14.8 Å². The first kappa shape index (κ1) is 15.4. The minimum Gasteiger partial charge on any atom is -0.301 e. The fourth-order valence-corrected chi connectivity index (χ4v) is 2.80. The van der Waals surface area contributed by atoms with Crippen molar-refractivity contribution in [3.8, 4) is 0 Å². The van der Waals surface area contributed by atoms with Gasteiger partial charge in [-0.05, 0) is 19.4 Å². The molecule has 0 radical (unpaired) electrons. The van der Waals surface area contributed by atoms with E-state index >= 15 is 0 Å². The van der Waals surface area contributed by atoms with Crippen LogP contribution in [0.25, 0.3) is 0 Å². The van der Waals surface area contributed by atoms with Crippen molar-refractivity contribution in [3.05, 3.63) is 0 Å². The molecule has 0 aromatic rings. The van der Waals surface area contributed by atoms with Crippen molar-refractivity contribution in [2.75, 3.05) is 39.0 Å². The normalized spacial score (nSPS) is 18.8. The van der Waals surface area contributed by atoms with E-state index in [1.54, 1.807) is 0 Å². The summed E-state index contributed by atoms with van der Waals surface area (Å²) in [6.45, 7) is 3.53. The van der Waals surface area contributed by atoms with Crippen molar-refractivity contribution in [1.29, 1.82) is 0 Å². The number of nitrogens with one attached hydrogen (secondary N) is 1. The lowest BCUT2D eigenvalue weighted by Crippen LogP contribution is -2.48. The topological polar surface area (TPSA) is 95.7 Å². The van der Waals surface area contributed by atoms with Gasteiger partial charge < -0.3 is 4.90 Å². The van der Waals surface area contributed by atoms with Gasteiger partial charge in [-0.25, -0.2) is 14.3 Å². The van der Waals surface area contributed by atoms with Gasteiger partial charge in [0, 0.05) is 32.6 Å². The highest BCUT2D eigenvalue weighted by Gasteiger charge is 2.22. The molecule has 0 aromatic heterocycles. The molecule has 1 amide bonds. The van der Waals surface area contributed by atoms with E-state index in [2.05, 4.69) is 10.3 Å². The van der Waals surface area contributed by atoms with Gasteiger partial charge in [0.15, 0.2) is 0 Å². The van der Waals surface area contributed by atoms with Crippen molar-refractivity contribution in [2.24, 2.45) is 5.84 Å². The molecule has 0 aliphatic carbocycles. The largest absolute Gasteiger partial charge is 0.301 e. The van der Waals surface area contributed by atoms with Crippen LogP contribution < -0.4 is 11.3 Å². The second-order valence-electron chi connectivity index (χ2n) is 4.53. The Bertz CT molecular complexity index is 363. The second kappa shape index (κ2) is 7.03. The van der Waals surface area contributed by atoms with Crippen LogP contribution in [-0.4, -0.2) is 62.5 Å². The standard InChI is InChI=1S/C10H22N4O3S/c1-18(16,17)14-8-6-13(7-9-14)5-3-2-4-10(15)12-11/h2-9,11H2,1H3,(H,12,15). The van der Waals surface area contributed by atoms with Crippen LogP contribution in [0, 0.1) is 0 Å². The monoisotopic (exact) mass is 278 g/mol. The average Bonchev–Trinajstić information content (AvgIpc) is 2.33. The van der Waals surface area contributed by atoms with Crippen LogP contribution in [0.15, 0.2) is 0 Å². The third-order valence-corrected chi connectivity index (χ3v) is 4.39. The minimum atomic E-state index is -3.05. The number of nitrogens with zero attached hydrogens (tertiary/aromatic N) is 2. The summed E-state index contributed by atoms with van der Waals surface area (Å²) in [5, 5.41) is 0.